The first kappa shape index (κ1) is 22.9. The molecule has 0 amide bonds. The lowest BCUT2D eigenvalue weighted by molar-refractivity contribution is 0.566. The first-order valence-corrected chi connectivity index (χ1v) is 10.8. The maximum absolute atomic E-state index is 9.28. The predicted molar refractivity (Wildman–Crippen MR) is 125 cm³/mol. The Morgan fingerprint density at radius 2 is 1.90 bits per heavy atom. The maximum Gasteiger partial charge on any atom is 0.158 e. The molecule has 9 heteroatoms. The van der Waals surface area contributed by atoms with Crippen LogP contribution in [0.5, 0.6) is 0 Å². The van der Waals surface area contributed by atoms with E-state index < -0.39 is 0 Å². The van der Waals surface area contributed by atoms with Gasteiger partial charge in [0.2, 0.25) is 0 Å². The summed E-state index contributed by atoms with van der Waals surface area (Å²) in [6.45, 7) is 8.41. The topological polar surface area (TPSA) is 91.5 Å². The highest BCUT2D eigenvalue weighted by atomic mass is 35.5. The van der Waals surface area contributed by atoms with Gasteiger partial charge in [0.05, 0.1) is 29.6 Å². The molecule has 0 fully saturated rings. The van der Waals surface area contributed by atoms with Crippen molar-refractivity contribution < 1.29 is 0 Å². The molecule has 0 aliphatic carbocycles. The van der Waals surface area contributed by atoms with Gasteiger partial charge >= 0.3 is 0 Å². The molecule has 3 aromatic rings. The summed E-state index contributed by atoms with van der Waals surface area (Å²) >= 11 is 12.0. The van der Waals surface area contributed by atoms with E-state index in [9.17, 15) is 5.26 Å². The number of aryl methyl sites for hydroxylation is 2. The molecule has 0 radical (unpaired) electrons. The number of fused-ring (bicyclic) bond motifs is 1. The number of rotatable bonds is 7. The van der Waals surface area contributed by atoms with Gasteiger partial charge in [0, 0.05) is 18.1 Å². The molecule has 0 spiro atoms. The molecule has 3 aromatic heterocycles. The average Bonchev–Trinajstić information content (AvgIpc) is 2.98. The summed E-state index contributed by atoms with van der Waals surface area (Å²) in [7, 11) is 1.91. The lowest BCUT2D eigenvalue weighted by atomic mass is 9.97. The number of halogens is 2. The van der Waals surface area contributed by atoms with Crippen LogP contribution in [0.25, 0.3) is 11.0 Å². The molecule has 1 unspecified atom stereocenters. The normalized spacial score (nSPS) is 12.8. The second-order valence-corrected chi connectivity index (χ2v) is 8.39. The third kappa shape index (κ3) is 5.09. The Balaban J connectivity index is 1.98. The van der Waals surface area contributed by atoms with Crippen LogP contribution < -0.4 is 10.6 Å². The summed E-state index contributed by atoms with van der Waals surface area (Å²) in [6.07, 6.45) is 2.16. The number of nitrogens with zero attached hydrogens (tertiary/aromatic N) is 5. The summed E-state index contributed by atoms with van der Waals surface area (Å²) < 4.78 is 1.82. The van der Waals surface area contributed by atoms with Crippen molar-refractivity contribution in [3.05, 3.63) is 57.4 Å². The van der Waals surface area contributed by atoms with Gasteiger partial charge in [0.15, 0.2) is 5.65 Å². The van der Waals surface area contributed by atoms with Gasteiger partial charge in [0.25, 0.3) is 0 Å². The fraction of sp³-hybridized carbons (Fsp3) is 0.364. The van der Waals surface area contributed by atoms with E-state index in [-0.39, 0.29) is 16.3 Å². The number of hydrogen-bond donors (Lipinski definition) is 2. The van der Waals surface area contributed by atoms with Gasteiger partial charge in [-0.05, 0) is 43.0 Å². The number of nitriles is 1. The van der Waals surface area contributed by atoms with Crippen molar-refractivity contribution in [1.82, 2.24) is 25.1 Å². The minimum atomic E-state index is -0.128. The Morgan fingerprint density at radius 1 is 1.23 bits per heavy atom. The average molecular weight is 458 g/mol. The van der Waals surface area contributed by atoms with Crippen molar-refractivity contribution >= 4 is 39.9 Å². The van der Waals surface area contributed by atoms with E-state index in [0.29, 0.717) is 17.4 Å². The van der Waals surface area contributed by atoms with Crippen LogP contribution in [0.1, 0.15) is 56.1 Å². The summed E-state index contributed by atoms with van der Waals surface area (Å²) in [4.78, 5) is 8.85. The second-order valence-electron chi connectivity index (χ2n) is 7.62. The van der Waals surface area contributed by atoms with E-state index in [0.717, 1.165) is 28.8 Å². The quantitative estimate of drug-likeness (QED) is 0.353. The Bertz CT molecular complexity index is 1150. The van der Waals surface area contributed by atoms with Gasteiger partial charge in [-0.2, -0.15) is 10.4 Å². The molecular formula is C22H25Cl2N7. The number of allylic oxidation sites excluding steroid dienone is 1. The second kappa shape index (κ2) is 9.54. The van der Waals surface area contributed by atoms with E-state index in [1.165, 1.54) is 11.6 Å². The highest BCUT2D eigenvalue weighted by molar-refractivity contribution is 6.32. The fourth-order valence-electron chi connectivity index (χ4n) is 3.58. The van der Waals surface area contributed by atoms with Crippen LogP contribution in [0.4, 0.5) is 5.69 Å². The molecule has 3 rings (SSSR count). The van der Waals surface area contributed by atoms with Gasteiger partial charge in [-0.15, -0.1) is 0 Å². The molecule has 1 atom stereocenters. The monoisotopic (exact) mass is 457 g/mol. The first-order chi connectivity index (χ1) is 14.7. The largest absolute Gasteiger partial charge is 0.363 e. The van der Waals surface area contributed by atoms with Crippen LogP contribution in [0.15, 0.2) is 30.1 Å². The van der Waals surface area contributed by atoms with Crippen molar-refractivity contribution in [2.45, 2.75) is 46.1 Å². The molecule has 0 saturated heterocycles. The maximum atomic E-state index is 9.28. The van der Waals surface area contributed by atoms with Crippen molar-refractivity contribution in [3.63, 3.8) is 0 Å². The van der Waals surface area contributed by atoms with Crippen molar-refractivity contribution in [1.29, 1.82) is 5.26 Å². The predicted octanol–water partition coefficient (Wildman–Crippen LogP) is 5.62. The van der Waals surface area contributed by atoms with Crippen LogP contribution in [0.2, 0.25) is 10.3 Å². The Hall–Kier alpha value is -2.82. The molecule has 162 valence electrons. The van der Waals surface area contributed by atoms with Gasteiger partial charge in [-0.25, -0.2) is 9.97 Å². The Kier molecular flexibility index (Phi) is 7.04. The number of anilines is 1. The van der Waals surface area contributed by atoms with E-state index in [1.54, 1.807) is 12.1 Å². The molecule has 7 nitrogen and oxygen atoms in total. The van der Waals surface area contributed by atoms with Gasteiger partial charge in [0.1, 0.15) is 16.1 Å². The summed E-state index contributed by atoms with van der Waals surface area (Å²) in [5, 5.41) is 22.0. The lowest BCUT2D eigenvalue weighted by Gasteiger charge is -2.22. The molecule has 0 aromatic carbocycles. The summed E-state index contributed by atoms with van der Waals surface area (Å²) in [6, 6.07) is 7.35. The molecule has 0 aliphatic heterocycles. The molecule has 0 bridgehead atoms. The zero-order valence-electron chi connectivity index (χ0n) is 18.2. The van der Waals surface area contributed by atoms with E-state index in [4.69, 9.17) is 28.2 Å². The third-order valence-corrected chi connectivity index (χ3v) is 5.37. The van der Waals surface area contributed by atoms with Crippen LogP contribution >= 0.6 is 23.2 Å². The highest BCUT2D eigenvalue weighted by Crippen LogP contribution is 2.30. The van der Waals surface area contributed by atoms with E-state index in [2.05, 4.69) is 53.6 Å². The molecular weight excluding hydrogens is 433 g/mol. The Labute approximate surface area is 192 Å². The summed E-state index contributed by atoms with van der Waals surface area (Å²) in [5.74, 6) is 0.833. The number of nitrogens with one attached hydrogen (secondary N) is 2. The molecule has 0 aliphatic rings. The highest BCUT2D eigenvalue weighted by Gasteiger charge is 2.20. The Morgan fingerprint density at radius 3 is 2.48 bits per heavy atom. The van der Waals surface area contributed by atoms with E-state index in [1.807, 2.05) is 18.7 Å². The minimum absolute atomic E-state index is 0.128. The molecule has 2 N–H and O–H groups in total. The molecule has 0 saturated carbocycles. The fourth-order valence-corrected chi connectivity index (χ4v) is 4.04. The van der Waals surface area contributed by atoms with E-state index >= 15 is 0 Å². The van der Waals surface area contributed by atoms with Crippen molar-refractivity contribution in [2.75, 3.05) is 5.32 Å². The van der Waals surface area contributed by atoms with Gasteiger partial charge < -0.3 is 10.6 Å². The van der Waals surface area contributed by atoms with Gasteiger partial charge in [-0.1, -0.05) is 44.0 Å². The SMILES string of the molecule is CCC(N/C(=C/C#N)Nc1cc(Cl)nc(Cl)c1)c1cc(C(C)C)c2c(C)nn(C)c2n1. The number of pyridine rings is 2. The zero-order valence-corrected chi connectivity index (χ0v) is 19.7. The minimum Gasteiger partial charge on any atom is -0.363 e. The molecule has 31 heavy (non-hydrogen) atoms. The first-order valence-electron chi connectivity index (χ1n) is 10.0. The number of hydrogen-bond acceptors (Lipinski definition) is 6. The van der Waals surface area contributed by atoms with Gasteiger partial charge in [-0.3, -0.25) is 4.68 Å². The van der Waals surface area contributed by atoms with Crippen LogP contribution in [0, 0.1) is 18.3 Å². The van der Waals surface area contributed by atoms with Crippen LogP contribution in [-0.4, -0.2) is 19.7 Å². The molecule has 3 heterocycles. The number of aromatic nitrogens is 4. The smallest absolute Gasteiger partial charge is 0.158 e. The van der Waals surface area contributed by atoms with Crippen LogP contribution in [0.3, 0.4) is 0 Å². The van der Waals surface area contributed by atoms with Crippen LogP contribution in [-0.2, 0) is 7.05 Å². The summed E-state index contributed by atoms with van der Waals surface area (Å²) in [5.41, 5.74) is 4.54. The lowest BCUT2D eigenvalue weighted by Crippen LogP contribution is -2.26. The van der Waals surface area contributed by atoms with Crippen molar-refractivity contribution in [3.8, 4) is 6.07 Å². The van der Waals surface area contributed by atoms with Crippen molar-refractivity contribution in [2.24, 2.45) is 7.05 Å². The third-order valence-electron chi connectivity index (χ3n) is 4.99. The zero-order chi connectivity index (χ0) is 22.7. The standard InChI is InChI=1S/C22H25Cl2N7/c1-6-16(27-20(7-8-25)26-14-9-18(23)29-19(24)10-14)17-11-15(12(2)3)21-13(4)30-31(5)22(21)28-17/h7,9-12,16,27H,6H2,1-5H3,(H,26,29)/b20-7+.